The van der Waals surface area contributed by atoms with Gasteiger partial charge in [-0.1, -0.05) is 0 Å². The number of hydrogen-bond donors (Lipinski definition) is 0. The molecule has 0 radical (unpaired) electrons. The summed E-state index contributed by atoms with van der Waals surface area (Å²) in [6.07, 6.45) is 4.50. The number of Topliss-reactive ketones (excluding diaryl/α,β-unsaturated/α-hetero) is 1. The molecule has 2 amide bonds. The number of amides is 2. The molecule has 94 valence electrons. The molecule has 1 saturated carbocycles. The van der Waals surface area contributed by atoms with Crippen molar-refractivity contribution >= 4 is 17.6 Å². The predicted molar refractivity (Wildman–Crippen MR) is 62.1 cm³/mol. The molecule has 1 aliphatic carbocycles. The van der Waals surface area contributed by atoms with Gasteiger partial charge >= 0.3 is 0 Å². The van der Waals surface area contributed by atoms with Crippen LogP contribution < -0.4 is 0 Å². The maximum absolute atomic E-state index is 11.5. The van der Waals surface area contributed by atoms with Crippen LogP contribution in [0.4, 0.5) is 0 Å². The van der Waals surface area contributed by atoms with E-state index in [1.165, 1.54) is 4.90 Å². The summed E-state index contributed by atoms with van der Waals surface area (Å²) < 4.78 is 0. The molecule has 1 aliphatic heterocycles. The first kappa shape index (κ1) is 12.3. The third-order valence-electron chi connectivity index (χ3n) is 4.02. The van der Waals surface area contributed by atoms with Crippen LogP contribution in [0.1, 0.15) is 45.4 Å². The number of hydrogen-bond acceptors (Lipinski definition) is 3. The van der Waals surface area contributed by atoms with Crippen LogP contribution in [-0.2, 0) is 14.4 Å². The predicted octanol–water partition coefficient (Wildman–Crippen LogP) is 1.53. The van der Waals surface area contributed by atoms with Crippen LogP contribution in [-0.4, -0.2) is 29.0 Å². The van der Waals surface area contributed by atoms with Gasteiger partial charge in [-0.15, -0.1) is 0 Å². The molecule has 0 atom stereocenters. The van der Waals surface area contributed by atoms with E-state index in [0.717, 1.165) is 25.7 Å². The Morgan fingerprint density at radius 1 is 1.12 bits per heavy atom. The minimum Gasteiger partial charge on any atom is -0.300 e. The summed E-state index contributed by atoms with van der Waals surface area (Å²) in [7, 11) is 0. The third-order valence-corrected chi connectivity index (χ3v) is 4.02. The van der Waals surface area contributed by atoms with Crippen LogP contribution in [0.25, 0.3) is 0 Å². The van der Waals surface area contributed by atoms with Crippen molar-refractivity contribution in [1.29, 1.82) is 0 Å². The maximum atomic E-state index is 11.5. The molecule has 0 spiro atoms. The molecule has 0 bridgehead atoms. The van der Waals surface area contributed by atoms with E-state index >= 15 is 0 Å². The van der Waals surface area contributed by atoms with Gasteiger partial charge in [-0.2, -0.15) is 0 Å². The summed E-state index contributed by atoms with van der Waals surface area (Å²) in [6.45, 7) is 2.22. The highest BCUT2D eigenvalue weighted by molar-refractivity contribution is 6.01. The molecule has 2 fully saturated rings. The highest BCUT2D eigenvalue weighted by Gasteiger charge is 2.32. The lowest BCUT2D eigenvalue weighted by Gasteiger charge is -2.29. The van der Waals surface area contributed by atoms with Gasteiger partial charge in [-0.05, 0) is 38.5 Å². The second kappa shape index (κ2) is 4.98. The maximum Gasteiger partial charge on any atom is 0.229 e. The van der Waals surface area contributed by atoms with Crippen molar-refractivity contribution in [2.24, 2.45) is 11.8 Å². The second-order valence-electron chi connectivity index (χ2n) is 5.23. The monoisotopic (exact) mass is 237 g/mol. The van der Waals surface area contributed by atoms with Crippen molar-refractivity contribution in [3.05, 3.63) is 0 Å². The Bertz CT molecular complexity index is 327. The zero-order chi connectivity index (χ0) is 12.4. The number of carbonyl (C=O) groups is 3. The van der Waals surface area contributed by atoms with Crippen molar-refractivity contribution in [3.8, 4) is 0 Å². The number of carbonyl (C=O) groups excluding carboxylic acids is 3. The van der Waals surface area contributed by atoms with E-state index in [-0.39, 0.29) is 23.5 Å². The number of rotatable bonds is 3. The van der Waals surface area contributed by atoms with Crippen LogP contribution in [0.15, 0.2) is 0 Å². The molecule has 4 heteroatoms. The summed E-state index contributed by atoms with van der Waals surface area (Å²) in [5, 5.41) is 0. The van der Waals surface area contributed by atoms with E-state index in [0.29, 0.717) is 25.3 Å². The molecule has 0 unspecified atom stereocenters. The van der Waals surface area contributed by atoms with Crippen LogP contribution in [0, 0.1) is 11.8 Å². The number of likely N-dealkylation sites (tertiary alicyclic amines) is 1. The molecular weight excluding hydrogens is 218 g/mol. The second-order valence-corrected chi connectivity index (χ2v) is 5.23. The van der Waals surface area contributed by atoms with Crippen LogP contribution in [0.5, 0.6) is 0 Å². The summed E-state index contributed by atoms with van der Waals surface area (Å²) in [4.78, 5) is 35.6. The lowest BCUT2D eigenvalue weighted by molar-refractivity contribution is -0.139. The van der Waals surface area contributed by atoms with Gasteiger partial charge in [0.25, 0.3) is 0 Å². The Labute approximate surface area is 101 Å². The molecule has 17 heavy (non-hydrogen) atoms. The van der Waals surface area contributed by atoms with Crippen molar-refractivity contribution in [1.82, 2.24) is 4.90 Å². The fraction of sp³-hybridized carbons (Fsp3) is 0.769. The number of imide groups is 1. The molecule has 2 aliphatic rings. The van der Waals surface area contributed by atoms with Gasteiger partial charge in [-0.25, -0.2) is 0 Å². The largest absolute Gasteiger partial charge is 0.300 e. The topological polar surface area (TPSA) is 54.5 Å². The minimum atomic E-state index is -0.0244. The summed E-state index contributed by atoms with van der Waals surface area (Å²) in [6, 6.07) is 0. The van der Waals surface area contributed by atoms with Crippen molar-refractivity contribution in [2.75, 3.05) is 6.54 Å². The summed E-state index contributed by atoms with van der Waals surface area (Å²) >= 11 is 0. The third kappa shape index (κ3) is 2.73. The van der Waals surface area contributed by atoms with Gasteiger partial charge in [0.2, 0.25) is 11.8 Å². The molecule has 0 aromatic heterocycles. The van der Waals surface area contributed by atoms with Crippen molar-refractivity contribution < 1.29 is 14.4 Å². The zero-order valence-corrected chi connectivity index (χ0v) is 10.3. The lowest BCUT2D eigenvalue weighted by Crippen LogP contribution is -2.35. The van der Waals surface area contributed by atoms with Crippen LogP contribution in [0.2, 0.25) is 0 Å². The van der Waals surface area contributed by atoms with Gasteiger partial charge < -0.3 is 0 Å². The van der Waals surface area contributed by atoms with E-state index in [1.807, 2.05) is 0 Å². The van der Waals surface area contributed by atoms with Crippen LogP contribution in [0.3, 0.4) is 0 Å². The Morgan fingerprint density at radius 2 is 1.65 bits per heavy atom. The van der Waals surface area contributed by atoms with E-state index in [1.54, 1.807) is 6.92 Å². The fourth-order valence-electron chi connectivity index (χ4n) is 2.84. The van der Waals surface area contributed by atoms with E-state index in [2.05, 4.69) is 0 Å². The minimum absolute atomic E-state index is 0.0244. The molecular formula is C13H19NO3. The van der Waals surface area contributed by atoms with E-state index < -0.39 is 0 Å². The molecule has 0 aromatic rings. The Kier molecular flexibility index (Phi) is 3.60. The Balaban J connectivity index is 1.84. The standard InChI is InChI=1S/C13H19NO3/c1-9(15)11-4-2-10(3-5-11)8-14-12(16)6-7-13(14)17/h10-11H,2-8H2,1H3. The van der Waals surface area contributed by atoms with Crippen molar-refractivity contribution in [2.45, 2.75) is 45.4 Å². The lowest BCUT2D eigenvalue weighted by atomic mass is 9.80. The fourth-order valence-corrected chi connectivity index (χ4v) is 2.84. The molecule has 4 nitrogen and oxygen atoms in total. The highest BCUT2D eigenvalue weighted by Crippen LogP contribution is 2.30. The first-order valence-corrected chi connectivity index (χ1v) is 6.41. The normalized spacial score (nSPS) is 29.8. The van der Waals surface area contributed by atoms with Gasteiger partial charge in [0, 0.05) is 25.3 Å². The SMILES string of the molecule is CC(=O)C1CCC(CN2C(=O)CCC2=O)CC1. The number of nitrogens with zero attached hydrogens (tertiary/aromatic N) is 1. The zero-order valence-electron chi connectivity index (χ0n) is 10.3. The van der Waals surface area contributed by atoms with E-state index in [4.69, 9.17) is 0 Å². The summed E-state index contributed by atoms with van der Waals surface area (Å²) in [5.41, 5.74) is 0. The average molecular weight is 237 g/mol. The summed E-state index contributed by atoms with van der Waals surface area (Å²) in [5.74, 6) is 0.831. The van der Waals surface area contributed by atoms with Gasteiger partial charge in [0.15, 0.2) is 0 Å². The van der Waals surface area contributed by atoms with Crippen LogP contribution >= 0.6 is 0 Å². The molecule has 1 saturated heterocycles. The van der Waals surface area contributed by atoms with Gasteiger partial charge in [0.1, 0.15) is 5.78 Å². The Morgan fingerprint density at radius 3 is 2.12 bits per heavy atom. The first-order chi connectivity index (χ1) is 8.08. The highest BCUT2D eigenvalue weighted by atomic mass is 16.2. The van der Waals surface area contributed by atoms with E-state index in [9.17, 15) is 14.4 Å². The van der Waals surface area contributed by atoms with Gasteiger partial charge in [-0.3, -0.25) is 19.3 Å². The first-order valence-electron chi connectivity index (χ1n) is 6.41. The van der Waals surface area contributed by atoms with Crippen molar-refractivity contribution in [3.63, 3.8) is 0 Å². The van der Waals surface area contributed by atoms with Gasteiger partial charge in [0.05, 0.1) is 0 Å². The quantitative estimate of drug-likeness (QED) is 0.699. The molecule has 2 rings (SSSR count). The Hall–Kier alpha value is -1.19. The molecule has 0 aromatic carbocycles. The molecule has 1 heterocycles. The average Bonchev–Trinajstić information content (AvgIpc) is 2.61. The smallest absolute Gasteiger partial charge is 0.229 e. The number of ketones is 1. The molecule has 0 N–H and O–H groups in total.